The average Bonchev–Trinajstić information content (AvgIpc) is 4.34. The van der Waals surface area contributed by atoms with Gasteiger partial charge in [-0.2, -0.15) is 0 Å². The van der Waals surface area contributed by atoms with Crippen LogP contribution < -0.4 is 0 Å². The van der Waals surface area contributed by atoms with Crippen molar-refractivity contribution in [2.75, 3.05) is 0 Å². The molecule has 5 heterocycles. The van der Waals surface area contributed by atoms with E-state index in [-0.39, 0.29) is 5.75 Å². The number of nitrogens with one attached hydrogen (secondary N) is 1. The Morgan fingerprint density at radius 1 is 0.342 bits per heavy atom. The van der Waals surface area contributed by atoms with Crippen LogP contribution in [0.1, 0.15) is 28.3 Å². The molecule has 0 amide bonds. The highest BCUT2D eigenvalue weighted by molar-refractivity contribution is 9.11. The van der Waals surface area contributed by atoms with E-state index in [1.807, 2.05) is 12.1 Å². The van der Waals surface area contributed by atoms with Crippen LogP contribution >= 0.6 is 47.8 Å². The molecule has 2 aliphatic rings. The minimum atomic E-state index is 0.168. The van der Waals surface area contributed by atoms with Gasteiger partial charge < -0.3 is 14.7 Å². The van der Waals surface area contributed by atoms with Crippen LogP contribution in [0.5, 0.6) is 5.75 Å². The van der Waals surface area contributed by atoms with Gasteiger partial charge in [0.05, 0.1) is 33.8 Å². The van der Waals surface area contributed by atoms with Gasteiger partial charge >= 0.3 is 0 Å². The van der Waals surface area contributed by atoms with Gasteiger partial charge in [0.25, 0.3) is 0 Å². The van der Waals surface area contributed by atoms with Crippen molar-refractivity contribution < 1.29 is 5.11 Å². The zero-order valence-corrected chi connectivity index (χ0v) is 45.4. The number of fused-ring (bicyclic) bond motifs is 8. The molecule has 11 aromatic rings. The van der Waals surface area contributed by atoms with Gasteiger partial charge in [0.1, 0.15) is 5.75 Å². The number of benzene rings is 8. The van der Waals surface area contributed by atoms with Crippen LogP contribution in [0.4, 0.5) is 0 Å². The molecule has 5 nitrogen and oxygen atoms in total. The van der Waals surface area contributed by atoms with E-state index in [0.29, 0.717) is 0 Å². The second-order valence-electron chi connectivity index (χ2n) is 18.7. The van der Waals surface area contributed by atoms with E-state index < -0.39 is 0 Å². The maximum Gasteiger partial charge on any atom is 0.115 e. The Bertz CT molecular complexity index is 4250. The molecule has 8 bridgehead atoms. The van der Waals surface area contributed by atoms with E-state index in [1.165, 1.54) is 0 Å². The van der Waals surface area contributed by atoms with Crippen LogP contribution in [-0.4, -0.2) is 24.6 Å². The van der Waals surface area contributed by atoms with Gasteiger partial charge in [-0.05, 0) is 130 Å². The molecular weight excluding hydrogens is 1130 g/mol. The number of hydrogen-bond donors (Lipinski definition) is 2. The molecule has 362 valence electrons. The van der Waals surface area contributed by atoms with Crippen LogP contribution in [-0.2, 0) is 0 Å². The molecule has 2 N–H and O–H groups in total. The van der Waals surface area contributed by atoms with Crippen LogP contribution in [0.25, 0.3) is 118 Å². The third-order valence-corrected chi connectivity index (χ3v) is 15.6. The molecule has 3 aromatic heterocycles. The molecule has 13 rings (SSSR count). The van der Waals surface area contributed by atoms with Crippen molar-refractivity contribution in [3.8, 4) is 78.2 Å². The lowest BCUT2D eigenvalue weighted by molar-refractivity contribution is 0.475. The van der Waals surface area contributed by atoms with Crippen LogP contribution in [0.15, 0.2) is 244 Å². The minimum Gasteiger partial charge on any atom is -0.508 e. The van der Waals surface area contributed by atoms with Crippen molar-refractivity contribution in [2.24, 2.45) is 0 Å². The number of phenolic OH excluding ortho intramolecular Hbond substituents is 1. The molecule has 0 saturated carbocycles. The smallest absolute Gasteiger partial charge is 0.115 e. The Kier molecular flexibility index (Phi) is 12.5. The molecule has 0 unspecified atom stereocenters. The Morgan fingerprint density at radius 3 is 1.22 bits per heavy atom. The van der Waals surface area contributed by atoms with Crippen molar-refractivity contribution in [3.63, 3.8) is 0 Å². The molecule has 8 heteroatoms. The number of aromatic hydroxyl groups is 1. The first-order valence-electron chi connectivity index (χ1n) is 24.9. The zero-order chi connectivity index (χ0) is 51.3. The lowest BCUT2D eigenvalue weighted by Crippen LogP contribution is -2.00. The first-order chi connectivity index (χ1) is 37.3. The van der Waals surface area contributed by atoms with E-state index in [4.69, 9.17) is 9.97 Å². The highest BCUT2D eigenvalue weighted by Crippen LogP contribution is 2.52. The largest absolute Gasteiger partial charge is 0.508 e. The third-order valence-electron chi connectivity index (χ3n) is 14.1. The highest BCUT2D eigenvalue weighted by atomic mass is 79.9. The van der Waals surface area contributed by atoms with Gasteiger partial charge in [0, 0.05) is 69.1 Å². The molecule has 0 fully saturated rings. The Morgan fingerprint density at radius 2 is 0.724 bits per heavy atom. The summed E-state index contributed by atoms with van der Waals surface area (Å²) in [7, 11) is 0. The lowest BCUT2D eigenvalue weighted by atomic mass is 9.90. The van der Waals surface area contributed by atoms with E-state index in [2.05, 4.69) is 282 Å². The Labute approximate surface area is 465 Å². The van der Waals surface area contributed by atoms with Crippen LogP contribution in [0.2, 0.25) is 0 Å². The van der Waals surface area contributed by atoms with Crippen molar-refractivity contribution in [1.29, 1.82) is 0 Å². The average molecular weight is 1170 g/mol. The number of hydrogen-bond acceptors (Lipinski definition) is 3. The number of aromatic nitrogens is 4. The molecular formula is C68H43Br3N4O. The molecule has 0 saturated heterocycles. The van der Waals surface area contributed by atoms with Crippen molar-refractivity contribution in [1.82, 2.24) is 19.5 Å². The number of nitrogens with zero attached hydrogens (tertiary/aromatic N) is 3. The van der Waals surface area contributed by atoms with Crippen molar-refractivity contribution in [3.05, 3.63) is 272 Å². The summed E-state index contributed by atoms with van der Waals surface area (Å²) in [5.41, 5.74) is 21.4. The minimum absolute atomic E-state index is 0.168. The molecule has 2 aliphatic heterocycles. The van der Waals surface area contributed by atoms with Gasteiger partial charge in [0.2, 0.25) is 0 Å². The summed E-state index contributed by atoms with van der Waals surface area (Å²) < 4.78 is 5.38. The predicted molar refractivity (Wildman–Crippen MR) is 326 cm³/mol. The highest BCUT2D eigenvalue weighted by Gasteiger charge is 2.31. The number of phenols is 1. The molecule has 0 aliphatic carbocycles. The Hall–Kier alpha value is -8.40. The van der Waals surface area contributed by atoms with Crippen molar-refractivity contribution in [2.45, 2.75) is 0 Å². The second kappa shape index (κ2) is 20.0. The summed E-state index contributed by atoms with van der Waals surface area (Å²) in [5, 5.41) is 11.1. The summed E-state index contributed by atoms with van der Waals surface area (Å²) in [5.74, 6) is 0.168. The van der Waals surface area contributed by atoms with Gasteiger partial charge in [-0.3, -0.25) is 0 Å². The van der Waals surface area contributed by atoms with Gasteiger partial charge in [-0.25, -0.2) is 9.97 Å². The first-order valence-corrected chi connectivity index (χ1v) is 27.3. The maximum atomic E-state index is 11.1. The molecule has 76 heavy (non-hydrogen) atoms. The first kappa shape index (κ1) is 47.3. The van der Waals surface area contributed by atoms with E-state index >= 15 is 0 Å². The predicted octanol–water partition coefficient (Wildman–Crippen LogP) is 19.5. The zero-order valence-electron chi connectivity index (χ0n) is 40.6. The summed E-state index contributed by atoms with van der Waals surface area (Å²) in [6, 6.07) is 80.1. The van der Waals surface area contributed by atoms with Crippen LogP contribution in [0, 0.1) is 0 Å². The van der Waals surface area contributed by atoms with Crippen molar-refractivity contribution >= 4 is 93.7 Å². The Balaban J connectivity index is 1.40. The number of rotatable bonds is 8. The SMILES string of the molecule is Oc1ccc(-c2c3nc(c(-c4ccc(Br)cc4)c4ccc([nH]4)c(-c4ccc(Br)cc4)c4nc(c(-c5ccc(Br)cc5)c5c(-c6ccccc6)c(-c6ccccc6)c2n5-c2ccccc2)C=C4)C=C3c2ccccc2)cc1. The van der Waals surface area contributed by atoms with E-state index in [9.17, 15) is 5.11 Å². The summed E-state index contributed by atoms with van der Waals surface area (Å²) >= 11 is 11.2. The van der Waals surface area contributed by atoms with Gasteiger partial charge in [-0.15, -0.1) is 0 Å². The summed E-state index contributed by atoms with van der Waals surface area (Å²) in [4.78, 5) is 15.7. The number of halogens is 3. The van der Waals surface area contributed by atoms with Gasteiger partial charge in [-0.1, -0.05) is 206 Å². The topological polar surface area (TPSA) is 66.7 Å². The fraction of sp³-hybridized carbons (Fsp3) is 0. The quantitative estimate of drug-likeness (QED) is 0.159. The molecule has 0 spiro atoms. The fourth-order valence-corrected chi connectivity index (χ4v) is 11.5. The lowest BCUT2D eigenvalue weighted by Gasteiger charge is -2.16. The summed E-state index contributed by atoms with van der Waals surface area (Å²) in [6.07, 6.45) is 6.58. The summed E-state index contributed by atoms with van der Waals surface area (Å²) in [6.45, 7) is 0. The normalized spacial score (nSPS) is 12.0. The number of aromatic amines is 1. The molecule has 0 atom stereocenters. The van der Waals surface area contributed by atoms with E-state index in [1.54, 1.807) is 12.1 Å². The maximum absolute atomic E-state index is 11.1. The monoisotopic (exact) mass is 1170 g/mol. The number of H-pyrrole nitrogens is 1. The molecule has 0 radical (unpaired) electrons. The van der Waals surface area contributed by atoms with Crippen LogP contribution in [0.3, 0.4) is 0 Å². The third kappa shape index (κ3) is 8.68. The van der Waals surface area contributed by atoms with E-state index in [0.717, 1.165) is 142 Å². The number of para-hydroxylation sites is 1. The molecule has 8 aromatic carbocycles. The second-order valence-corrected chi connectivity index (χ2v) is 21.4. The fourth-order valence-electron chi connectivity index (χ4n) is 10.7. The standard InChI is InChI=1S/C68H43Br3N4O/c69-49-29-21-45(22-30-49)60-55-37-38-57(72-55)61(46-23-31-50(70)32-24-46)59-41-54(42-13-5-1-6-14-42)66(74-59)65(48-27-35-53(76)36-28-48)68-64(44-17-9-3-10-18-44)63(43-15-7-2-8-16-43)67(75(68)52-19-11-4-12-20-52)62(58-40-39-56(60)73-58)47-25-33-51(71)34-26-47/h1-41,72,76H. The van der Waals surface area contributed by atoms with Gasteiger partial charge in [0.15, 0.2) is 0 Å².